The zero-order chi connectivity index (χ0) is 16.8. The van der Waals surface area contributed by atoms with Crippen LogP contribution in [0.3, 0.4) is 0 Å². The lowest BCUT2D eigenvalue weighted by molar-refractivity contribution is -0.137. The Balaban J connectivity index is 2.07. The van der Waals surface area contributed by atoms with Crippen molar-refractivity contribution in [1.29, 1.82) is 0 Å². The van der Waals surface area contributed by atoms with Crippen LogP contribution in [0, 0.1) is 0 Å². The number of phenols is 2. The summed E-state index contributed by atoms with van der Waals surface area (Å²) in [4.78, 5) is 23.1. The number of phenolic OH excluding ortho intramolecular Hbond substituents is 2. The van der Waals surface area contributed by atoms with Crippen molar-refractivity contribution in [3.63, 3.8) is 0 Å². The first-order valence-electron chi connectivity index (χ1n) is 6.51. The highest BCUT2D eigenvalue weighted by Crippen LogP contribution is 2.27. The first-order valence-corrected chi connectivity index (χ1v) is 7.32. The SMILES string of the molecule is CCOC(=O)C=C1SC(=NN=Cc2cccc(O)c2O)NC1=O. The van der Waals surface area contributed by atoms with E-state index < -0.39 is 11.9 Å². The molecule has 3 N–H and O–H groups in total. The van der Waals surface area contributed by atoms with Gasteiger partial charge in [-0.3, -0.25) is 10.1 Å². The number of benzene rings is 1. The number of aromatic hydroxyl groups is 2. The molecule has 1 saturated heterocycles. The minimum Gasteiger partial charge on any atom is -0.504 e. The number of amides is 1. The third-order valence-electron chi connectivity index (χ3n) is 2.58. The largest absolute Gasteiger partial charge is 0.504 e. The number of nitrogens with one attached hydrogen (secondary N) is 1. The summed E-state index contributed by atoms with van der Waals surface area (Å²) in [5.74, 6) is -1.68. The molecule has 1 amide bonds. The fraction of sp³-hybridized carbons (Fsp3) is 0.143. The Bertz CT molecular complexity index is 727. The molecule has 0 bridgehead atoms. The lowest BCUT2D eigenvalue weighted by atomic mass is 10.2. The van der Waals surface area contributed by atoms with Gasteiger partial charge in [-0.2, -0.15) is 5.10 Å². The molecule has 1 fully saturated rings. The summed E-state index contributed by atoms with van der Waals surface area (Å²) in [6, 6.07) is 4.40. The molecule has 1 heterocycles. The molecule has 8 nitrogen and oxygen atoms in total. The zero-order valence-electron chi connectivity index (χ0n) is 12.0. The molecule has 1 aliphatic rings. The molecule has 0 aromatic heterocycles. The third kappa shape index (κ3) is 4.33. The average molecular weight is 335 g/mol. The molecule has 0 unspecified atom stereocenters. The van der Waals surface area contributed by atoms with E-state index >= 15 is 0 Å². The summed E-state index contributed by atoms with van der Waals surface area (Å²) in [6.45, 7) is 1.88. The van der Waals surface area contributed by atoms with Gasteiger partial charge in [0.05, 0.1) is 17.7 Å². The first kappa shape index (κ1) is 16.6. The summed E-state index contributed by atoms with van der Waals surface area (Å²) >= 11 is 0.939. The second kappa shape index (κ2) is 7.45. The molecular weight excluding hydrogens is 322 g/mol. The number of thioether (sulfide) groups is 1. The molecule has 1 aromatic rings. The van der Waals surface area contributed by atoms with E-state index in [1.54, 1.807) is 6.92 Å². The van der Waals surface area contributed by atoms with E-state index in [-0.39, 0.29) is 33.7 Å². The molecule has 2 rings (SSSR count). The Morgan fingerprint density at radius 2 is 2.22 bits per heavy atom. The topological polar surface area (TPSA) is 121 Å². The lowest BCUT2D eigenvalue weighted by Crippen LogP contribution is -2.19. The van der Waals surface area contributed by atoms with E-state index in [0.29, 0.717) is 0 Å². The van der Waals surface area contributed by atoms with Crippen molar-refractivity contribution in [2.45, 2.75) is 6.92 Å². The van der Waals surface area contributed by atoms with Crippen molar-refractivity contribution in [3.05, 3.63) is 34.7 Å². The minimum absolute atomic E-state index is 0.151. The maximum absolute atomic E-state index is 11.6. The number of hydrogen-bond donors (Lipinski definition) is 3. The number of carbonyl (C=O) groups excluding carboxylic acids is 2. The standard InChI is InChI=1S/C14H13N3O5S/c1-2-22-11(19)6-10-13(21)16-14(23-10)17-15-7-8-4-3-5-9(18)12(8)20/h3-7,18,20H,2H2,1H3,(H,16,17,21). The molecule has 9 heteroatoms. The van der Waals surface area contributed by atoms with E-state index in [0.717, 1.165) is 17.8 Å². The zero-order valence-corrected chi connectivity index (χ0v) is 12.8. The minimum atomic E-state index is -0.611. The fourth-order valence-corrected chi connectivity index (χ4v) is 2.30. The van der Waals surface area contributed by atoms with Gasteiger partial charge in [0.1, 0.15) is 0 Å². The molecule has 23 heavy (non-hydrogen) atoms. The van der Waals surface area contributed by atoms with Crippen molar-refractivity contribution >= 4 is 35.0 Å². The number of para-hydroxylation sites is 1. The molecule has 120 valence electrons. The third-order valence-corrected chi connectivity index (χ3v) is 3.48. The summed E-state index contributed by atoms with van der Waals surface area (Å²) < 4.78 is 4.72. The van der Waals surface area contributed by atoms with Gasteiger partial charge in [-0.05, 0) is 30.8 Å². The molecule has 0 atom stereocenters. The summed E-state index contributed by atoms with van der Waals surface area (Å²) in [5.41, 5.74) is 0.269. The number of rotatable bonds is 4. The maximum Gasteiger partial charge on any atom is 0.332 e. The lowest BCUT2D eigenvalue weighted by Gasteiger charge is -1.99. The molecule has 0 aliphatic carbocycles. The van der Waals surface area contributed by atoms with Crippen LogP contribution in [0.5, 0.6) is 11.5 Å². The maximum atomic E-state index is 11.6. The number of esters is 1. The molecule has 1 aliphatic heterocycles. The van der Waals surface area contributed by atoms with Crippen molar-refractivity contribution in [3.8, 4) is 11.5 Å². The van der Waals surface area contributed by atoms with E-state index in [2.05, 4.69) is 15.5 Å². The van der Waals surface area contributed by atoms with Crippen molar-refractivity contribution in [1.82, 2.24) is 5.32 Å². The Morgan fingerprint density at radius 3 is 2.96 bits per heavy atom. The van der Waals surface area contributed by atoms with E-state index in [1.807, 2.05) is 0 Å². The van der Waals surface area contributed by atoms with Crippen molar-refractivity contribution in [2.24, 2.45) is 10.2 Å². The van der Waals surface area contributed by atoms with E-state index in [1.165, 1.54) is 24.4 Å². The fourth-order valence-electron chi connectivity index (χ4n) is 1.56. The van der Waals surface area contributed by atoms with Crippen LogP contribution in [-0.2, 0) is 14.3 Å². The van der Waals surface area contributed by atoms with Crippen LogP contribution in [0.2, 0.25) is 0 Å². The monoisotopic (exact) mass is 335 g/mol. The van der Waals surface area contributed by atoms with Gasteiger partial charge in [-0.1, -0.05) is 6.07 Å². The van der Waals surface area contributed by atoms with Crippen LogP contribution in [0.25, 0.3) is 0 Å². The van der Waals surface area contributed by atoms with E-state index in [4.69, 9.17) is 4.74 Å². The number of hydrogen-bond acceptors (Lipinski definition) is 8. The molecule has 0 radical (unpaired) electrons. The Labute approximate surface area is 135 Å². The van der Waals surface area contributed by atoms with Crippen LogP contribution in [0.1, 0.15) is 12.5 Å². The van der Waals surface area contributed by atoms with Crippen LogP contribution >= 0.6 is 11.8 Å². The van der Waals surface area contributed by atoms with Crippen molar-refractivity contribution < 1.29 is 24.5 Å². The van der Waals surface area contributed by atoms with Gasteiger partial charge in [0.25, 0.3) is 5.91 Å². The highest BCUT2D eigenvalue weighted by molar-refractivity contribution is 8.18. The summed E-state index contributed by atoms with van der Waals surface area (Å²) in [6.07, 6.45) is 2.30. The molecular formula is C14H13N3O5S. The van der Waals surface area contributed by atoms with Gasteiger partial charge >= 0.3 is 5.97 Å². The summed E-state index contributed by atoms with van der Waals surface area (Å²) in [5, 5.41) is 29.1. The predicted molar refractivity (Wildman–Crippen MR) is 85.3 cm³/mol. The quantitative estimate of drug-likeness (QED) is 0.249. The van der Waals surface area contributed by atoms with Crippen molar-refractivity contribution in [2.75, 3.05) is 6.61 Å². The smallest absolute Gasteiger partial charge is 0.332 e. The van der Waals surface area contributed by atoms with Gasteiger partial charge < -0.3 is 14.9 Å². The van der Waals surface area contributed by atoms with Gasteiger partial charge in [0.2, 0.25) is 0 Å². The van der Waals surface area contributed by atoms with Gasteiger partial charge in [-0.15, -0.1) is 5.10 Å². The Morgan fingerprint density at radius 1 is 1.43 bits per heavy atom. The van der Waals surface area contributed by atoms with E-state index in [9.17, 15) is 19.8 Å². The second-order valence-electron chi connectivity index (χ2n) is 4.18. The highest BCUT2D eigenvalue weighted by atomic mass is 32.2. The Hall–Kier alpha value is -2.81. The van der Waals surface area contributed by atoms with Gasteiger partial charge in [-0.25, -0.2) is 4.79 Å². The summed E-state index contributed by atoms with van der Waals surface area (Å²) in [7, 11) is 0. The highest BCUT2D eigenvalue weighted by Gasteiger charge is 2.25. The number of ether oxygens (including phenoxy) is 1. The number of carbonyl (C=O) groups is 2. The van der Waals surface area contributed by atoms with Gasteiger partial charge in [0.15, 0.2) is 16.7 Å². The molecule has 1 aromatic carbocycles. The van der Waals surface area contributed by atoms with Gasteiger partial charge in [0, 0.05) is 11.6 Å². The normalized spacial score (nSPS) is 17.9. The van der Waals surface area contributed by atoms with Crippen LogP contribution < -0.4 is 5.32 Å². The second-order valence-corrected chi connectivity index (χ2v) is 5.21. The van der Waals surface area contributed by atoms with Crippen LogP contribution in [0.15, 0.2) is 39.4 Å². The average Bonchev–Trinajstić information content (AvgIpc) is 2.84. The first-order chi connectivity index (χ1) is 11.0. The molecule has 0 spiro atoms. The number of amidine groups is 1. The molecule has 0 saturated carbocycles. The number of nitrogens with zero attached hydrogens (tertiary/aromatic N) is 2. The van der Waals surface area contributed by atoms with Crippen LogP contribution in [-0.4, -0.2) is 40.1 Å². The predicted octanol–water partition coefficient (Wildman–Crippen LogP) is 1.10. The van der Waals surface area contributed by atoms with Crippen LogP contribution in [0.4, 0.5) is 0 Å². The Kier molecular flexibility index (Phi) is 5.36.